The number of carbonyl (C=O) groups excluding carboxylic acids is 1. The SMILES string of the molecule is COc1ccc(Cl)cc1S(=O)(=O)N1CCC(C(=O)N[C@H](C)c2ccc(SC)cc2)CC1. The van der Waals surface area contributed by atoms with Crippen molar-refractivity contribution >= 4 is 39.3 Å². The fourth-order valence-electron chi connectivity index (χ4n) is 3.66. The molecular formula is C22H27ClN2O4S2. The van der Waals surface area contributed by atoms with Crippen molar-refractivity contribution in [2.75, 3.05) is 26.5 Å². The molecule has 168 valence electrons. The molecule has 1 heterocycles. The molecule has 1 amide bonds. The number of thioether (sulfide) groups is 1. The molecule has 1 N–H and O–H groups in total. The third-order valence-electron chi connectivity index (χ3n) is 5.54. The zero-order chi connectivity index (χ0) is 22.6. The van der Waals surface area contributed by atoms with Gasteiger partial charge in [0.2, 0.25) is 15.9 Å². The Labute approximate surface area is 193 Å². The third kappa shape index (κ3) is 5.55. The molecule has 9 heteroatoms. The van der Waals surface area contributed by atoms with Crippen LogP contribution in [-0.4, -0.2) is 45.1 Å². The zero-order valence-electron chi connectivity index (χ0n) is 17.8. The van der Waals surface area contributed by atoms with E-state index < -0.39 is 10.0 Å². The van der Waals surface area contributed by atoms with Crippen LogP contribution in [0.4, 0.5) is 0 Å². The van der Waals surface area contributed by atoms with Crippen molar-refractivity contribution in [3.8, 4) is 5.75 Å². The minimum Gasteiger partial charge on any atom is -0.495 e. The van der Waals surface area contributed by atoms with Crippen molar-refractivity contribution < 1.29 is 17.9 Å². The highest BCUT2D eigenvalue weighted by Gasteiger charge is 2.34. The van der Waals surface area contributed by atoms with E-state index in [4.69, 9.17) is 16.3 Å². The smallest absolute Gasteiger partial charge is 0.246 e. The molecule has 1 fully saturated rings. The summed E-state index contributed by atoms with van der Waals surface area (Å²) in [4.78, 5) is 14.0. The highest BCUT2D eigenvalue weighted by molar-refractivity contribution is 7.98. The standard InChI is InChI=1S/C22H27ClN2O4S2/c1-15(16-4-7-19(30-3)8-5-16)24-22(26)17-10-12-25(13-11-17)31(27,28)21-14-18(23)6-9-20(21)29-2/h4-9,14-15,17H,10-13H2,1-3H3,(H,24,26)/t15-/m1/s1. The lowest BCUT2D eigenvalue weighted by Gasteiger charge is -2.31. The highest BCUT2D eigenvalue weighted by atomic mass is 35.5. The molecule has 3 rings (SSSR count). The summed E-state index contributed by atoms with van der Waals surface area (Å²) in [6.45, 7) is 2.50. The van der Waals surface area contributed by atoms with Crippen molar-refractivity contribution in [3.63, 3.8) is 0 Å². The van der Waals surface area contributed by atoms with Crippen molar-refractivity contribution in [2.45, 2.75) is 35.6 Å². The number of carbonyl (C=O) groups is 1. The summed E-state index contributed by atoms with van der Waals surface area (Å²) in [7, 11) is -2.33. The van der Waals surface area contributed by atoms with Gasteiger partial charge in [0.1, 0.15) is 10.6 Å². The number of methoxy groups -OCH3 is 1. The first-order chi connectivity index (χ1) is 14.8. The van der Waals surface area contributed by atoms with Gasteiger partial charge in [-0.25, -0.2) is 8.42 Å². The Hall–Kier alpha value is -1.74. The Bertz CT molecular complexity index is 1020. The molecule has 0 saturated carbocycles. The molecule has 1 saturated heterocycles. The van der Waals surface area contributed by atoms with Gasteiger partial charge in [0.05, 0.1) is 13.2 Å². The van der Waals surface area contributed by atoms with Gasteiger partial charge in [-0.2, -0.15) is 4.31 Å². The molecule has 0 unspecified atom stereocenters. The van der Waals surface area contributed by atoms with Gasteiger partial charge in [-0.3, -0.25) is 4.79 Å². The number of sulfonamides is 1. The molecule has 0 aromatic heterocycles. The van der Waals surface area contributed by atoms with E-state index in [9.17, 15) is 13.2 Å². The van der Waals surface area contributed by atoms with Crippen molar-refractivity contribution in [2.24, 2.45) is 5.92 Å². The van der Waals surface area contributed by atoms with E-state index >= 15 is 0 Å². The number of nitrogens with zero attached hydrogens (tertiary/aromatic N) is 1. The summed E-state index contributed by atoms with van der Waals surface area (Å²) in [6, 6.07) is 12.5. The first kappa shape index (κ1) is 23.9. The Kier molecular flexibility index (Phi) is 7.91. The maximum absolute atomic E-state index is 13.1. The van der Waals surface area contributed by atoms with Crippen LogP contribution >= 0.6 is 23.4 Å². The van der Waals surface area contributed by atoms with Crippen molar-refractivity contribution in [1.82, 2.24) is 9.62 Å². The van der Waals surface area contributed by atoms with Gasteiger partial charge in [-0.05, 0) is 61.9 Å². The Morgan fingerprint density at radius 1 is 1.19 bits per heavy atom. The van der Waals surface area contributed by atoms with E-state index in [-0.39, 0.29) is 41.6 Å². The zero-order valence-corrected chi connectivity index (χ0v) is 20.2. The van der Waals surface area contributed by atoms with Gasteiger partial charge in [0, 0.05) is 28.9 Å². The van der Waals surface area contributed by atoms with Crippen molar-refractivity contribution in [1.29, 1.82) is 0 Å². The predicted octanol–water partition coefficient (Wildman–Crippen LogP) is 4.35. The number of rotatable bonds is 7. The Balaban J connectivity index is 1.62. The molecular weight excluding hydrogens is 456 g/mol. The summed E-state index contributed by atoms with van der Waals surface area (Å²) < 4.78 is 32.8. The first-order valence-electron chi connectivity index (χ1n) is 10.0. The van der Waals surface area contributed by atoms with E-state index in [1.807, 2.05) is 37.4 Å². The normalized spacial score (nSPS) is 16.6. The topological polar surface area (TPSA) is 75.7 Å². The number of hydrogen-bond donors (Lipinski definition) is 1. The molecule has 0 bridgehead atoms. The second-order valence-corrected chi connectivity index (χ2v) is 10.7. The quantitative estimate of drug-likeness (QED) is 0.594. The van der Waals surface area contributed by atoms with Crippen LogP contribution in [0.2, 0.25) is 5.02 Å². The van der Waals surface area contributed by atoms with Crippen LogP contribution in [0, 0.1) is 5.92 Å². The van der Waals surface area contributed by atoms with E-state index in [1.54, 1.807) is 23.9 Å². The maximum atomic E-state index is 13.1. The number of benzene rings is 2. The lowest BCUT2D eigenvalue weighted by molar-refractivity contribution is -0.126. The third-order valence-corrected chi connectivity index (χ3v) is 8.44. The molecule has 1 aliphatic rings. The molecule has 6 nitrogen and oxygen atoms in total. The molecule has 1 aliphatic heterocycles. The maximum Gasteiger partial charge on any atom is 0.246 e. The summed E-state index contributed by atoms with van der Waals surface area (Å²) in [6.07, 6.45) is 2.95. The number of ether oxygens (including phenoxy) is 1. The van der Waals surface area contributed by atoms with Crippen LogP contribution in [0.15, 0.2) is 52.3 Å². The van der Waals surface area contributed by atoms with Crippen LogP contribution in [0.3, 0.4) is 0 Å². The molecule has 2 aromatic rings. The van der Waals surface area contributed by atoms with Crippen LogP contribution in [0.1, 0.15) is 31.4 Å². The largest absolute Gasteiger partial charge is 0.495 e. The van der Waals surface area contributed by atoms with E-state index in [1.165, 1.54) is 22.4 Å². The van der Waals surface area contributed by atoms with Gasteiger partial charge >= 0.3 is 0 Å². The van der Waals surface area contributed by atoms with Crippen LogP contribution in [0.25, 0.3) is 0 Å². The second-order valence-electron chi connectivity index (χ2n) is 7.48. The predicted molar refractivity (Wildman–Crippen MR) is 124 cm³/mol. The van der Waals surface area contributed by atoms with Gasteiger partial charge in [0.15, 0.2) is 0 Å². The second kappa shape index (κ2) is 10.3. The average Bonchev–Trinajstić information content (AvgIpc) is 2.79. The van der Waals surface area contributed by atoms with E-state index in [2.05, 4.69) is 5.32 Å². The molecule has 31 heavy (non-hydrogen) atoms. The van der Waals surface area contributed by atoms with Crippen molar-refractivity contribution in [3.05, 3.63) is 53.1 Å². The monoisotopic (exact) mass is 482 g/mol. The van der Waals surface area contributed by atoms with E-state index in [0.717, 1.165) is 5.56 Å². The minimum atomic E-state index is -3.76. The average molecular weight is 483 g/mol. The molecule has 0 spiro atoms. The van der Waals surface area contributed by atoms with Crippen LogP contribution in [0.5, 0.6) is 5.75 Å². The molecule has 0 aliphatic carbocycles. The number of piperidine rings is 1. The lowest BCUT2D eigenvalue weighted by Crippen LogP contribution is -2.43. The number of nitrogens with one attached hydrogen (secondary N) is 1. The number of hydrogen-bond acceptors (Lipinski definition) is 5. The summed E-state index contributed by atoms with van der Waals surface area (Å²) in [5.74, 6) is -0.00922. The minimum absolute atomic E-state index is 0.0428. The molecule has 0 radical (unpaired) electrons. The lowest BCUT2D eigenvalue weighted by atomic mass is 9.96. The summed E-state index contributed by atoms with van der Waals surface area (Å²) in [5.41, 5.74) is 1.04. The summed E-state index contributed by atoms with van der Waals surface area (Å²) in [5, 5.41) is 3.39. The van der Waals surface area contributed by atoms with Crippen LogP contribution < -0.4 is 10.1 Å². The Morgan fingerprint density at radius 2 is 1.84 bits per heavy atom. The number of amides is 1. The number of halogens is 1. The van der Waals surface area contributed by atoms with Gasteiger partial charge in [-0.15, -0.1) is 11.8 Å². The van der Waals surface area contributed by atoms with Gasteiger partial charge in [0.25, 0.3) is 0 Å². The fourth-order valence-corrected chi connectivity index (χ4v) is 5.95. The highest BCUT2D eigenvalue weighted by Crippen LogP contribution is 2.32. The molecule has 2 aromatic carbocycles. The first-order valence-corrected chi connectivity index (χ1v) is 13.1. The van der Waals surface area contributed by atoms with Crippen LogP contribution in [-0.2, 0) is 14.8 Å². The summed E-state index contributed by atoms with van der Waals surface area (Å²) >= 11 is 7.68. The van der Waals surface area contributed by atoms with E-state index in [0.29, 0.717) is 17.9 Å². The molecule has 1 atom stereocenters. The fraction of sp³-hybridized carbons (Fsp3) is 0.409. The van der Waals surface area contributed by atoms with Gasteiger partial charge in [-0.1, -0.05) is 23.7 Å². The van der Waals surface area contributed by atoms with Gasteiger partial charge < -0.3 is 10.1 Å². The Morgan fingerprint density at radius 3 is 2.42 bits per heavy atom.